The lowest BCUT2D eigenvalue weighted by Gasteiger charge is -2.30. The number of hydrogen-bond donors (Lipinski definition) is 2. The van der Waals surface area contributed by atoms with E-state index >= 15 is 0 Å². The predicted octanol–water partition coefficient (Wildman–Crippen LogP) is 4.51. The average molecular weight is 398 g/mol. The number of amides is 1. The fraction of sp³-hybridized carbons (Fsp3) is 0.238. The van der Waals surface area contributed by atoms with Gasteiger partial charge in [-0.1, -0.05) is 60.8 Å². The number of nitrogens with two attached hydrogens (primary N) is 1. The van der Waals surface area contributed by atoms with Gasteiger partial charge in [0, 0.05) is 17.0 Å². The van der Waals surface area contributed by atoms with Gasteiger partial charge in [0.2, 0.25) is 0 Å². The van der Waals surface area contributed by atoms with Gasteiger partial charge in [0.15, 0.2) is 5.17 Å². The maximum absolute atomic E-state index is 12.3. The van der Waals surface area contributed by atoms with Gasteiger partial charge >= 0.3 is 0 Å². The molecule has 0 bridgehead atoms. The Hall–Kier alpha value is -2.31. The van der Waals surface area contributed by atoms with E-state index in [1.807, 2.05) is 54.6 Å². The number of nitrogens with zero attached hydrogens (tertiary/aromatic N) is 1. The number of nitrogens with one attached hydrogen (secondary N) is 1. The van der Waals surface area contributed by atoms with Crippen LogP contribution in [0.2, 0.25) is 0 Å². The molecule has 1 aliphatic rings. The second-order valence-electron chi connectivity index (χ2n) is 6.44. The van der Waals surface area contributed by atoms with E-state index in [1.54, 1.807) is 11.8 Å². The molecule has 1 atom stereocenters. The molecule has 0 aliphatic carbocycles. The summed E-state index contributed by atoms with van der Waals surface area (Å²) in [4.78, 5) is 17.6. The molecule has 0 saturated heterocycles. The number of fused-ring (bicyclic) bond motifs is 1. The number of thiophene rings is 1. The van der Waals surface area contributed by atoms with Gasteiger partial charge in [-0.25, -0.2) is 0 Å². The zero-order valence-corrected chi connectivity index (χ0v) is 16.9. The molecule has 0 spiro atoms. The molecule has 27 heavy (non-hydrogen) atoms. The van der Waals surface area contributed by atoms with E-state index < -0.39 is 0 Å². The van der Waals surface area contributed by atoms with Crippen molar-refractivity contribution in [2.75, 3.05) is 12.3 Å². The monoisotopic (exact) mass is 397 g/mol. The molecular formula is C21H23N3OS2. The lowest BCUT2D eigenvalue weighted by Crippen LogP contribution is -2.32. The van der Waals surface area contributed by atoms with Crippen LogP contribution in [0.1, 0.15) is 23.0 Å². The fourth-order valence-electron chi connectivity index (χ4n) is 2.93. The molecular weight excluding hydrogens is 374 g/mol. The molecule has 4 nitrogen and oxygen atoms in total. The summed E-state index contributed by atoms with van der Waals surface area (Å²) in [5.41, 5.74) is 6.58. The van der Waals surface area contributed by atoms with Crippen LogP contribution in [0.3, 0.4) is 0 Å². The van der Waals surface area contributed by atoms with Crippen molar-refractivity contribution in [1.82, 2.24) is 5.32 Å². The molecule has 3 N–H and O–H groups in total. The molecule has 6 heteroatoms. The maximum Gasteiger partial charge on any atom is 0.261 e. The third kappa shape index (κ3) is 4.70. The van der Waals surface area contributed by atoms with Crippen molar-refractivity contribution in [1.29, 1.82) is 0 Å². The smallest absolute Gasteiger partial charge is 0.261 e. The highest BCUT2D eigenvalue weighted by molar-refractivity contribution is 8.13. The Bertz CT molecular complexity index is 909. The first-order valence-corrected chi connectivity index (χ1v) is 10.6. The Labute approximate surface area is 167 Å². The van der Waals surface area contributed by atoms with Crippen LogP contribution < -0.4 is 11.1 Å². The molecule has 1 aromatic heterocycles. The number of benzene rings is 1. The van der Waals surface area contributed by atoms with Crippen LogP contribution in [-0.4, -0.2) is 28.9 Å². The van der Waals surface area contributed by atoms with E-state index in [0.717, 1.165) is 32.7 Å². The van der Waals surface area contributed by atoms with Crippen LogP contribution >= 0.6 is 23.1 Å². The number of thioether (sulfide) groups is 1. The van der Waals surface area contributed by atoms with E-state index in [9.17, 15) is 4.79 Å². The highest BCUT2D eigenvalue weighted by atomic mass is 32.2. The molecule has 1 unspecified atom stereocenters. The van der Waals surface area contributed by atoms with Crippen molar-refractivity contribution in [3.8, 4) is 0 Å². The SMILES string of the molecule is C=C/C(=C\C=C/CNC(=O)c1cc2ccccc2s1)C1(C)CCSC(N)=N1. The average Bonchev–Trinajstić information content (AvgIpc) is 3.08. The van der Waals surface area contributed by atoms with Crippen molar-refractivity contribution < 1.29 is 4.79 Å². The molecule has 0 saturated carbocycles. The molecule has 0 fully saturated rings. The number of aliphatic imine (C=N–C) groups is 1. The molecule has 1 aliphatic heterocycles. The zero-order valence-electron chi connectivity index (χ0n) is 15.3. The van der Waals surface area contributed by atoms with Gasteiger partial charge in [-0.15, -0.1) is 11.3 Å². The first-order chi connectivity index (χ1) is 13.0. The molecule has 2 heterocycles. The summed E-state index contributed by atoms with van der Waals surface area (Å²) in [6.07, 6.45) is 8.59. The number of amidine groups is 1. The standard InChI is InChI=1S/C21H23N3OS2/c1-3-16(21(2)11-13-26-20(22)24-21)9-6-7-12-23-19(25)18-14-15-8-4-5-10-17(15)27-18/h3-10,14H,1,11-13H2,2H3,(H2,22,24)(H,23,25)/b7-6-,16-9+. The molecule has 2 aromatic rings. The Morgan fingerprint density at radius 2 is 2.26 bits per heavy atom. The topological polar surface area (TPSA) is 67.5 Å². The number of carbonyl (C=O) groups excluding carboxylic acids is 1. The normalized spacial score (nSPS) is 20.6. The van der Waals surface area contributed by atoms with Crippen LogP contribution in [0, 0.1) is 0 Å². The van der Waals surface area contributed by atoms with Gasteiger partial charge in [-0.05, 0) is 36.4 Å². The van der Waals surface area contributed by atoms with Crippen molar-refractivity contribution in [3.05, 3.63) is 71.7 Å². The van der Waals surface area contributed by atoms with Crippen molar-refractivity contribution in [3.63, 3.8) is 0 Å². The van der Waals surface area contributed by atoms with Gasteiger partial charge < -0.3 is 11.1 Å². The molecule has 3 rings (SSSR count). The van der Waals surface area contributed by atoms with Crippen LogP contribution in [-0.2, 0) is 0 Å². The van der Waals surface area contributed by atoms with Gasteiger partial charge in [-0.2, -0.15) is 0 Å². The Kier molecular flexibility index (Phi) is 6.19. The van der Waals surface area contributed by atoms with Crippen LogP contribution in [0.5, 0.6) is 0 Å². The Morgan fingerprint density at radius 3 is 3.00 bits per heavy atom. The van der Waals surface area contributed by atoms with E-state index in [-0.39, 0.29) is 11.4 Å². The minimum Gasteiger partial charge on any atom is -0.379 e. The predicted molar refractivity (Wildman–Crippen MR) is 119 cm³/mol. The fourth-order valence-corrected chi connectivity index (χ4v) is 4.89. The van der Waals surface area contributed by atoms with Gasteiger partial charge in [0.25, 0.3) is 5.91 Å². The molecule has 1 aromatic carbocycles. The van der Waals surface area contributed by atoms with Gasteiger partial charge in [0.05, 0.1) is 10.4 Å². The third-order valence-corrected chi connectivity index (χ3v) is 6.39. The molecule has 1 amide bonds. The highest BCUT2D eigenvalue weighted by Gasteiger charge is 2.29. The summed E-state index contributed by atoms with van der Waals surface area (Å²) in [7, 11) is 0. The summed E-state index contributed by atoms with van der Waals surface area (Å²) in [5, 5.41) is 4.65. The second-order valence-corrected chi connectivity index (χ2v) is 8.63. The second kappa shape index (κ2) is 8.59. The summed E-state index contributed by atoms with van der Waals surface area (Å²) in [6.45, 7) is 6.44. The molecule has 140 valence electrons. The number of carbonyl (C=O) groups is 1. The van der Waals surface area contributed by atoms with Crippen LogP contribution in [0.25, 0.3) is 10.1 Å². The van der Waals surface area contributed by atoms with Crippen molar-refractivity contribution in [2.45, 2.75) is 18.9 Å². The van der Waals surface area contributed by atoms with E-state index in [1.165, 1.54) is 11.3 Å². The zero-order chi connectivity index (χ0) is 19.3. The number of hydrogen-bond acceptors (Lipinski definition) is 5. The minimum atomic E-state index is -0.332. The number of allylic oxidation sites excluding steroid dienone is 2. The van der Waals surface area contributed by atoms with Crippen LogP contribution in [0.4, 0.5) is 0 Å². The lowest BCUT2D eigenvalue weighted by molar-refractivity contribution is 0.0962. The van der Waals surface area contributed by atoms with Gasteiger partial charge in [-0.3, -0.25) is 9.79 Å². The Balaban J connectivity index is 1.59. The van der Waals surface area contributed by atoms with Crippen molar-refractivity contribution >= 4 is 44.3 Å². The van der Waals surface area contributed by atoms with Crippen molar-refractivity contribution in [2.24, 2.45) is 10.7 Å². The van der Waals surface area contributed by atoms with Gasteiger partial charge in [0.1, 0.15) is 0 Å². The lowest BCUT2D eigenvalue weighted by atomic mass is 9.89. The summed E-state index contributed by atoms with van der Waals surface area (Å²) >= 11 is 3.09. The summed E-state index contributed by atoms with van der Waals surface area (Å²) in [6, 6.07) is 9.93. The largest absolute Gasteiger partial charge is 0.379 e. The first kappa shape index (κ1) is 19.5. The number of rotatable bonds is 6. The third-order valence-electron chi connectivity index (χ3n) is 4.48. The Morgan fingerprint density at radius 1 is 1.44 bits per heavy atom. The minimum absolute atomic E-state index is 0.0533. The van der Waals surface area contributed by atoms with E-state index in [0.29, 0.717) is 11.7 Å². The van der Waals surface area contributed by atoms with E-state index in [4.69, 9.17) is 5.73 Å². The molecule has 0 radical (unpaired) electrons. The highest BCUT2D eigenvalue weighted by Crippen LogP contribution is 2.32. The van der Waals surface area contributed by atoms with Crippen LogP contribution in [0.15, 0.2) is 71.8 Å². The summed E-state index contributed by atoms with van der Waals surface area (Å²) in [5.74, 6) is 0.897. The first-order valence-electron chi connectivity index (χ1n) is 8.76. The van der Waals surface area contributed by atoms with E-state index in [2.05, 4.69) is 23.8 Å². The quantitative estimate of drug-likeness (QED) is 0.705. The maximum atomic E-state index is 12.3. The summed E-state index contributed by atoms with van der Waals surface area (Å²) < 4.78 is 1.12.